The summed E-state index contributed by atoms with van der Waals surface area (Å²) >= 11 is 0. The molecule has 0 radical (unpaired) electrons. The smallest absolute Gasteiger partial charge is 0.226 e. The molecule has 1 aliphatic rings. The summed E-state index contributed by atoms with van der Waals surface area (Å²) in [5.74, 6) is 2.23. The molecule has 1 saturated carbocycles. The van der Waals surface area contributed by atoms with Crippen molar-refractivity contribution in [3.8, 4) is 0 Å². The van der Waals surface area contributed by atoms with Crippen molar-refractivity contribution in [1.29, 1.82) is 0 Å². The fourth-order valence-corrected chi connectivity index (χ4v) is 2.91. The van der Waals surface area contributed by atoms with Gasteiger partial charge in [-0.15, -0.1) is 0 Å². The van der Waals surface area contributed by atoms with Gasteiger partial charge in [0.1, 0.15) is 0 Å². The molecular formula is C14H25N3O2. The lowest BCUT2D eigenvalue weighted by Crippen LogP contribution is -2.37. The maximum atomic E-state index is 5.36. The van der Waals surface area contributed by atoms with Crippen LogP contribution in [0.5, 0.6) is 0 Å². The molecule has 19 heavy (non-hydrogen) atoms. The normalized spacial score (nSPS) is 23.7. The first-order chi connectivity index (χ1) is 9.33. The van der Waals surface area contributed by atoms with E-state index in [2.05, 4.69) is 15.5 Å². The highest BCUT2D eigenvalue weighted by molar-refractivity contribution is 4.92. The van der Waals surface area contributed by atoms with Crippen LogP contribution in [0.4, 0.5) is 0 Å². The van der Waals surface area contributed by atoms with Gasteiger partial charge in [-0.2, -0.15) is 4.98 Å². The Labute approximate surface area is 115 Å². The molecule has 0 aliphatic heterocycles. The van der Waals surface area contributed by atoms with E-state index in [1.165, 1.54) is 25.7 Å². The highest BCUT2D eigenvalue weighted by Gasteiger charge is 2.25. The van der Waals surface area contributed by atoms with Gasteiger partial charge < -0.3 is 14.6 Å². The van der Waals surface area contributed by atoms with Gasteiger partial charge in [-0.3, -0.25) is 0 Å². The molecule has 0 spiro atoms. The molecular weight excluding hydrogens is 242 g/mol. The summed E-state index contributed by atoms with van der Waals surface area (Å²) in [4.78, 5) is 4.48. The van der Waals surface area contributed by atoms with E-state index in [1.54, 1.807) is 7.11 Å². The van der Waals surface area contributed by atoms with Gasteiger partial charge in [0.2, 0.25) is 5.89 Å². The summed E-state index contributed by atoms with van der Waals surface area (Å²) in [5.41, 5.74) is 0. The van der Waals surface area contributed by atoms with E-state index in [-0.39, 0.29) is 0 Å². The average molecular weight is 267 g/mol. The van der Waals surface area contributed by atoms with Crippen LogP contribution in [0.25, 0.3) is 0 Å². The molecule has 0 amide bonds. The predicted molar refractivity (Wildman–Crippen MR) is 73.0 cm³/mol. The summed E-state index contributed by atoms with van der Waals surface area (Å²) in [6.07, 6.45) is 7.84. The maximum Gasteiger partial charge on any atom is 0.226 e. The zero-order valence-electron chi connectivity index (χ0n) is 12.0. The largest absolute Gasteiger partial charge is 0.385 e. The summed E-state index contributed by atoms with van der Waals surface area (Å²) < 4.78 is 10.4. The zero-order chi connectivity index (χ0) is 13.5. The minimum Gasteiger partial charge on any atom is -0.385 e. The number of rotatable bonds is 7. The first kappa shape index (κ1) is 14.5. The second kappa shape index (κ2) is 7.60. The van der Waals surface area contributed by atoms with Crippen molar-refractivity contribution in [3.63, 3.8) is 0 Å². The lowest BCUT2D eigenvalue weighted by Gasteiger charge is -2.30. The van der Waals surface area contributed by atoms with Gasteiger partial charge in [-0.25, -0.2) is 0 Å². The molecule has 0 aromatic carbocycles. The van der Waals surface area contributed by atoms with E-state index in [1.807, 2.05) is 7.05 Å². The number of nitrogens with one attached hydrogen (secondary N) is 1. The van der Waals surface area contributed by atoms with Crippen molar-refractivity contribution in [2.45, 2.75) is 51.0 Å². The van der Waals surface area contributed by atoms with E-state index in [0.29, 0.717) is 12.0 Å². The molecule has 2 atom stereocenters. The van der Waals surface area contributed by atoms with Crippen LogP contribution in [0.15, 0.2) is 4.52 Å². The Morgan fingerprint density at radius 1 is 1.37 bits per heavy atom. The Bertz CT molecular complexity index is 367. The molecule has 1 aromatic rings. The Morgan fingerprint density at radius 3 is 3.00 bits per heavy atom. The van der Waals surface area contributed by atoms with Crippen LogP contribution < -0.4 is 5.32 Å². The standard InChI is InChI=1S/C14H25N3O2/c1-15-12-7-4-3-6-11(12)10-14-16-13(17-19-14)8-5-9-18-2/h11-12,15H,3-10H2,1-2H3. The molecule has 2 rings (SSSR count). The number of ether oxygens (including phenoxy) is 1. The van der Waals surface area contributed by atoms with Crippen LogP contribution in [0.1, 0.15) is 43.8 Å². The number of aryl methyl sites for hydroxylation is 1. The summed E-state index contributed by atoms with van der Waals surface area (Å²) in [7, 11) is 3.76. The van der Waals surface area contributed by atoms with Gasteiger partial charge in [-0.1, -0.05) is 18.0 Å². The third-order valence-corrected chi connectivity index (χ3v) is 3.98. The molecule has 1 heterocycles. The fourth-order valence-electron chi connectivity index (χ4n) is 2.91. The highest BCUT2D eigenvalue weighted by atomic mass is 16.5. The van der Waals surface area contributed by atoms with Crippen LogP contribution in [0.2, 0.25) is 0 Å². The lowest BCUT2D eigenvalue weighted by atomic mass is 9.82. The van der Waals surface area contributed by atoms with Crippen LogP contribution in [-0.4, -0.2) is 36.9 Å². The minimum atomic E-state index is 0.595. The number of nitrogens with zero attached hydrogens (tertiary/aromatic N) is 2. The number of aromatic nitrogens is 2. The average Bonchev–Trinajstić information content (AvgIpc) is 2.87. The fraction of sp³-hybridized carbons (Fsp3) is 0.857. The van der Waals surface area contributed by atoms with Crippen molar-refractivity contribution in [2.24, 2.45) is 5.92 Å². The number of hydrogen-bond donors (Lipinski definition) is 1. The zero-order valence-corrected chi connectivity index (χ0v) is 12.0. The molecule has 1 aromatic heterocycles. The molecule has 5 heteroatoms. The topological polar surface area (TPSA) is 60.2 Å². The van der Waals surface area contributed by atoms with E-state index in [0.717, 1.165) is 37.6 Å². The second-order valence-corrected chi connectivity index (χ2v) is 5.34. The monoisotopic (exact) mass is 267 g/mol. The summed E-state index contributed by atoms with van der Waals surface area (Å²) in [6, 6.07) is 0.595. The molecule has 1 N–H and O–H groups in total. The SMILES string of the molecule is CNC1CCCCC1Cc1nc(CCCOC)no1. The van der Waals surface area contributed by atoms with Gasteiger partial charge in [-0.05, 0) is 32.2 Å². The summed E-state index contributed by atoms with van der Waals surface area (Å²) in [6.45, 7) is 0.744. The van der Waals surface area contributed by atoms with Crippen molar-refractivity contribution >= 4 is 0 Å². The Morgan fingerprint density at radius 2 is 2.21 bits per heavy atom. The van der Waals surface area contributed by atoms with E-state index >= 15 is 0 Å². The first-order valence-electron chi connectivity index (χ1n) is 7.31. The Hall–Kier alpha value is -0.940. The molecule has 1 fully saturated rings. The minimum absolute atomic E-state index is 0.595. The van der Waals surface area contributed by atoms with Crippen LogP contribution in [0, 0.1) is 5.92 Å². The highest BCUT2D eigenvalue weighted by Crippen LogP contribution is 2.26. The molecule has 1 aliphatic carbocycles. The van der Waals surface area contributed by atoms with Crippen molar-refractivity contribution in [3.05, 3.63) is 11.7 Å². The van der Waals surface area contributed by atoms with Gasteiger partial charge in [0.25, 0.3) is 0 Å². The van der Waals surface area contributed by atoms with Crippen molar-refractivity contribution in [2.75, 3.05) is 20.8 Å². The third kappa shape index (κ3) is 4.28. The van der Waals surface area contributed by atoms with E-state index in [4.69, 9.17) is 9.26 Å². The van der Waals surface area contributed by atoms with Gasteiger partial charge >= 0.3 is 0 Å². The Balaban J connectivity index is 1.84. The van der Waals surface area contributed by atoms with Gasteiger partial charge in [0.05, 0.1) is 0 Å². The molecule has 2 unspecified atom stereocenters. The maximum absolute atomic E-state index is 5.36. The van der Waals surface area contributed by atoms with Crippen LogP contribution in [0.3, 0.4) is 0 Å². The lowest BCUT2D eigenvalue weighted by molar-refractivity contribution is 0.194. The molecule has 0 bridgehead atoms. The second-order valence-electron chi connectivity index (χ2n) is 5.34. The van der Waals surface area contributed by atoms with Crippen molar-refractivity contribution in [1.82, 2.24) is 15.5 Å². The molecule has 5 nitrogen and oxygen atoms in total. The van der Waals surface area contributed by atoms with Crippen LogP contribution >= 0.6 is 0 Å². The van der Waals surface area contributed by atoms with E-state index in [9.17, 15) is 0 Å². The predicted octanol–water partition coefficient (Wildman–Crippen LogP) is 1.97. The van der Waals surface area contributed by atoms with Crippen LogP contribution in [-0.2, 0) is 17.6 Å². The van der Waals surface area contributed by atoms with Crippen molar-refractivity contribution < 1.29 is 9.26 Å². The molecule has 0 saturated heterocycles. The third-order valence-electron chi connectivity index (χ3n) is 3.98. The van der Waals surface area contributed by atoms with Gasteiger partial charge in [0, 0.05) is 32.6 Å². The van der Waals surface area contributed by atoms with Gasteiger partial charge in [0.15, 0.2) is 5.82 Å². The first-order valence-corrected chi connectivity index (χ1v) is 7.31. The number of hydrogen-bond acceptors (Lipinski definition) is 5. The number of methoxy groups -OCH3 is 1. The Kier molecular flexibility index (Phi) is 5.79. The summed E-state index contributed by atoms with van der Waals surface area (Å²) in [5, 5.41) is 7.46. The molecule has 108 valence electrons. The van der Waals surface area contributed by atoms with E-state index < -0.39 is 0 Å². The quantitative estimate of drug-likeness (QED) is 0.765.